The molecule has 0 atom stereocenters. The molecule has 2 rings (SSSR count). The molecule has 0 radical (unpaired) electrons. The zero-order valence-corrected chi connectivity index (χ0v) is 10.5. The fourth-order valence-electron chi connectivity index (χ4n) is 2.35. The van der Waals surface area contributed by atoms with Crippen molar-refractivity contribution in [2.75, 3.05) is 11.9 Å². The molecular weight excluding hydrogens is 218 g/mol. The molecule has 94 valence electrons. The summed E-state index contributed by atoms with van der Waals surface area (Å²) in [6.45, 7) is 1.87. The lowest BCUT2D eigenvalue weighted by atomic mass is 9.91. The van der Waals surface area contributed by atoms with Gasteiger partial charge in [-0.2, -0.15) is 5.10 Å². The van der Waals surface area contributed by atoms with Crippen molar-refractivity contribution in [1.82, 2.24) is 9.78 Å². The largest absolute Gasteiger partial charge is 0.409 e. The molecule has 1 aliphatic carbocycles. The molecule has 0 aliphatic heterocycles. The third-order valence-electron chi connectivity index (χ3n) is 3.51. The zero-order valence-electron chi connectivity index (χ0n) is 10.5. The highest BCUT2D eigenvalue weighted by molar-refractivity contribution is 6.02. The van der Waals surface area contributed by atoms with Gasteiger partial charge in [0.05, 0.1) is 11.3 Å². The number of hydrogen-bond acceptors (Lipinski definition) is 4. The molecule has 1 heterocycles. The normalized spacial score (nSPS) is 17.0. The number of amidine groups is 1. The maximum Gasteiger partial charge on any atom is 0.175 e. The van der Waals surface area contributed by atoms with Crippen LogP contribution < -0.4 is 10.6 Å². The molecule has 1 aliphatic rings. The SMILES string of the molecule is Cc1nn(C)c(N(C)C2CCC2)c1C(N)=NO. The topological polar surface area (TPSA) is 79.7 Å². The minimum Gasteiger partial charge on any atom is -0.409 e. The Hall–Kier alpha value is -1.72. The summed E-state index contributed by atoms with van der Waals surface area (Å²) in [6.07, 6.45) is 3.65. The van der Waals surface area contributed by atoms with E-state index in [0.29, 0.717) is 6.04 Å². The number of aryl methyl sites for hydroxylation is 2. The molecule has 1 fully saturated rings. The van der Waals surface area contributed by atoms with Gasteiger partial charge in [-0.25, -0.2) is 0 Å². The predicted molar refractivity (Wildman–Crippen MR) is 66.5 cm³/mol. The molecule has 1 aromatic heterocycles. The van der Waals surface area contributed by atoms with E-state index in [4.69, 9.17) is 10.9 Å². The fraction of sp³-hybridized carbons (Fsp3) is 0.636. The third kappa shape index (κ3) is 1.83. The Bertz CT molecular complexity index is 447. The first-order chi connectivity index (χ1) is 8.06. The predicted octanol–water partition coefficient (Wildman–Crippen LogP) is 0.812. The van der Waals surface area contributed by atoms with Gasteiger partial charge in [0.25, 0.3) is 0 Å². The molecule has 0 saturated heterocycles. The van der Waals surface area contributed by atoms with Crippen LogP contribution in [-0.4, -0.2) is 33.9 Å². The standard InChI is InChI=1S/C11H19N5O/c1-7-9(10(12)14-17)11(16(3)13-7)15(2)8-5-4-6-8/h8,17H,4-6H2,1-3H3,(H2,12,14). The van der Waals surface area contributed by atoms with Crippen LogP contribution in [0.25, 0.3) is 0 Å². The fourth-order valence-corrected chi connectivity index (χ4v) is 2.35. The summed E-state index contributed by atoms with van der Waals surface area (Å²) in [4.78, 5) is 2.18. The van der Waals surface area contributed by atoms with Crippen LogP contribution in [0, 0.1) is 6.92 Å². The summed E-state index contributed by atoms with van der Waals surface area (Å²) in [7, 11) is 3.92. The molecule has 0 bridgehead atoms. The molecule has 1 saturated carbocycles. The van der Waals surface area contributed by atoms with Gasteiger partial charge >= 0.3 is 0 Å². The molecule has 17 heavy (non-hydrogen) atoms. The average Bonchev–Trinajstić information content (AvgIpc) is 2.49. The number of hydrogen-bond donors (Lipinski definition) is 2. The van der Waals surface area contributed by atoms with Crippen molar-refractivity contribution >= 4 is 11.7 Å². The van der Waals surface area contributed by atoms with Gasteiger partial charge in [-0.15, -0.1) is 0 Å². The molecule has 0 aromatic carbocycles. The van der Waals surface area contributed by atoms with Gasteiger partial charge in [0.1, 0.15) is 5.82 Å². The highest BCUT2D eigenvalue weighted by Gasteiger charge is 2.28. The summed E-state index contributed by atoms with van der Waals surface area (Å²) >= 11 is 0. The van der Waals surface area contributed by atoms with E-state index in [1.54, 1.807) is 4.68 Å². The molecular formula is C11H19N5O. The summed E-state index contributed by atoms with van der Waals surface area (Å²) in [5, 5.41) is 16.3. The van der Waals surface area contributed by atoms with Crippen LogP contribution in [0.3, 0.4) is 0 Å². The number of nitrogens with zero attached hydrogens (tertiary/aromatic N) is 4. The second-order valence-electron chi connectivity index (χ2n) is 4.59. The van der Waals surface area contributed by atoms with E-state index in [-0.39, 0.29) is 5.84 Å². The smallest absolute Gasteiger partial charge is 0.175 e. The van der Waals surface area contributed by atoms with E-state index < -0.39 is 0 Å². The number of oxime groups is 1. The highest BCUT2D eigenvalue weighted by Crippen LogP contribution is 2.31. The lowest BCUT2D eigenvalue weighted by Gasteiger charge is -2.36. The van der Waals surface area contributed by atoms with Crippen LogP contribution in [0.4, 0.5) is 5.82 Å². The number of anilines is 1. The first-order valence-electron chi connectivity index (χ1n) is 5.80. The first kappa shape index (κ1) is 11.8. The highest BCUT2D eigenvalue weighted by atomic mass is 16.4. The summed E-state index contributed by atoms with van der Waals surface area (Å²) in [6, 6.07) is 0.537. The van der Waals surface area contributed by atoms with Gasteiger partial charge in [0, 0.05) is 20.1 Å². The Balaban J connectivity index is 2.44. The lowest BCUT2D eigenvalue weighted by molar-refractivity contribution is 0.318. The van der Waals surface area contributed by atoms with Crippen molar-refractivity contribution < 1.29 is 5.21 Å². The molecule has 3 N–H and O–H groups in total. The Morgan fingerprint density at radius 2 is 2.24 bits per heavy atom. The van der Waals surface area contributed by atoms with E-state index in [0.717, 1.165) is 17.1 Å². The lowest BCUT2D eigenvalue weighted by Crippen LogP contribution is -2.39. The summed E-state index contributed by atoms with van der Waals surface area (Å²) in [5.74, 6) is 1.04. The van der Waals surface area contributed by atoms with Crippen molar-refractivity contribution in [2.45, 2.75) is 32.2 Å². The van der Waals surface area contributed by atoms with Gasteiger partial charge < -0.3 is 15.8 Å². The Labute approximate surface area is 101 Å². The van der Waals surface area contributed by atoms with Crippen LogP contribution >= 0.6 is 0 Å². The third-order valence-corrected chi connectivity index (χ3v) is 3.51. The minimum atomic E-state index is 0.122. The van der Waals surface area contributed by atoms with Gasteiger partial charge in [0.2, 0.25) is 0 Å². The van der Waals surface area contributed by atoms with Crippen molar-refractivity contribution in [3.8, 4) is 0 Å². The van der Waals surface area contributed by atoms with E-state index >= 15 is 0 Å². The molecule has 0 unspecified atom stereocenters. The number of nitrogens with two attached hydrogens (primary N) is 1. The van der Waals surface area contributed by atoms with Crippen LogP contribution in [0.1, 0.15) is 30.5 Å². The van der Waals surface area contributed by atoms with E-state index in [9.17, 15) is 0 Å². The second-order valence-corrected chi connectivity index (χ2v) is 4.59. The van der Waals surface area contributed by atoms with Gasteiger partial charge in [0.15, 0.2) is 5.84 Å². The molecule has 6 nitrogen and oxygen atoms in total. The van der Waals surface area contributed by atoms with Gasteiger partial charge in [-0.05, 0) is 26.2 Å². The summed E-state index contributed by atoms with van der Waals surface area (Å²) in [5.41, 5.74) is 7.23. The number of rotatable bonds is 3. The van der Waals surface area contributed by atoms with Crippen LogP contribution in [0.5, 0.6) is 0 Å². The van der Waals surface area contributed by atoms with Crippen LogP contribution in [-0.2, 0) is 7.05 Å². The average molecular weight is 237 g/mol. The molecule has 1 aromatic rings. The van der Waals surface area contributed by atoms with Crippen molar-refractivity contribution in [3.05, 3.63) is 11.3 Å². The maximum atomic E-state index is 8.85. The Kier molecular flexibility index (Phi) is 2.95. The number of aromatic nitrogens is 2. The van der Waals surface area contributed by atoms with Crippen LogP contribution in [0.15, 0.2) is 5.16 Å². The molecule has 0 amide bonds. The van der Waals surface area contributed by atoms with Crippen LogP contribution in [0.2, 0.25) is 0 Å². The maximum absolute atomic E-state index is 8.85. The monoisotopic (exact) mass is 237 g/mol. The second kappa shape index (κ2) is 4.27. The van der Waals surface area contributed by atoms with Gasteiger partial charge in [-0.3, -0.25) is 4.68 Å². The van der Waals surface area contributed by atoms with Crippen molar-refractivity contribution in [2.24, 2.45) is 17.9 Å². The van der Waals surface area contributed by atoms with E-state index in [2.05, 4.69) is 15.2 Å². The first-order valence-corrected chi connectivity index (χ1v) is 5.80. The van der Waals surface area contributed by atoms with Crippen molar-refractivity contribution in [3.63, 3.8) is 0 Å². The van der Waals surface area contributed by atoms with E-state index in [1.807, 2.05) is 21.0 Å². The van der Waals surface area contributed by atoms with E-state index in [1.165, 1.54) is 19.3 Å². The molecule has 0 spiro atoms. The summed E-state index contributed by atoms with van der Waals surface area (Å²) < 4.78 is 1.79. The quantitative estimate of drug-likeness (QED) is 0.353. The van der Waals surface area contributed by atoms with Gasteiger partial charge in [-0.1, -0.05) is 5.16 Å². The zero-order chi connectivity index (χ0) is 12.6. The molecule has 6 heteroatoms. The minimum absolute atomic E-state index is 0.122. The van der Waals surface area contributed by atoms with Crippen molar-refractivity contribution in [1.29, 1.82) is 0 Å². The Morgan fingerprint density at radius 3 is 2.71 bits per heavy atom. The Morgan fingerprint density at radius 1 is 1.59 bits per heavy atom.